The van der Waals surface area contributed by atoms with Gasteiger partial charge in [-0.25, -0.2) is 0 Å². The molecule has 0 atom stereocenters. The van der Waals surface area contributed by atoms with E-state index in [9.17, 15) is 0 Å². The Hall–Kier alpha value is -1.00. The van der Waals surface area contributed by atoms with Crippen molar-refractivity contribution in [3.8, 4) is 5.75 Å². The molecule has 0 aliphatic rings. The van der Waals surface area contributed by atoms with Gasteiger partial charge in [0.2, 0.25) is 0 Å². The lowest BCUT2D eigenvalue weighted by Gasteiger charge is -2.15. The van der Waals surface area contributed by atoms with Crippen molar-refractivity contribution in [2.45, 2.75) is 19.9 Å². The molecule has 0 fully saturated rings. The second kappa shape index (κ2) is 7.70. The van der Waals surface area contributed by atoms with Gasteiger partial charge in [0.15, 0.2) is 0 Å². The molecule has 0 saturated heterocycles. The van der Waals surface area contributed by atoms with Crippen LogP contribution in [0.15, 0.2) is 51.4 Å². The first-order chi connectivity index (χ1) is 9.70. The van der Waals surface area contributed by atoms with E-state index < -0.39 is 0 Å². The van der Waals surface area contributed by atoms with Gasteiger partial charge >= 0.3 is 0 Å². The number of hydrogen-bond acceptors (Lipinski definition) is 2. The normalized spacial score (nSPS) is 10.3. The van der Waals surface area contributed by atoms with Gasteiger partial charge in [0.1, 0.15) is 5.75 Å². The molecule has 0 heterocycles. The molecule has 0 aliphatic heterocycles. The summed E-state index contributed by atoms with van der Waals surface area (Å²) in [6.45, 7) is 3.55. The molecule has 0 aliphatic carbocycles. The Morgan fingerprint density at radius 3 is 2.55 bits per heavy atom. The molecule has 0 saturated carbocycles. The van der Waals surface area contributed by atoms with Crippen LogP contribution >= 0.6 is 31.9 Å². The summed E-state index contributed by atoms with van der Waals surface area (Å²) in [6, 6.07) is 14.3. The van der Waals surface area contributed by atoms with Gasteiger partial charge in [-0.3, -0.25) is 0 Å². The SMILES string of the molecule is CCCOc1c(Br)cc(Br)cc1CNc1ccccc1. The van der Waals surface area contributed by atoms with Crippen LogP contribution in [0.2, 0.25) is 0 Å². The molecule has 1 N–H and O–H groups in total. The third kappa shape index (κ3) is 4.25. The summed E-state index contributed by atoms with van der Waals surface area (Å²) in [7, 11) is 0. The third-order valence-electron chi connectivity index (χ3n) is 2.79. The molecular formula is C16H17Br2NO. The molecule has 0 radical (unpaired) electrons. The third-order valence-corrected chi connectivity index (χ3v) is 3.84. The lowest BCUT2D eigenvalue weighted by atomic mass is 10.2. The van der Waals surface area contributed by atoms with E-state index in [-0.39, 0.29) is 0 Å². The molecule has 2 aromatic rings. The van der Waals surface area contributed by atoms with Gasteiger partial charge in [-0.05, 0) is 46.6 Å². The van der Waals surface area contributed by atoms with Gasteiger partial charge < -0.3 is 10.1 Å². The van der Waals surface area contributed by atoms with Crippen LogP contribution in [-0.4, -0.2) is 6.61 Å². The first kappa shape index (κ1) is 15.4. The number of hydrogen-bond donors (Lipinski definition) is 1. The van der Waals surface area contributed by atoms with Crippen LogP contribution in [0.25, 0.3) is 0 Å². The molecule has 2 aromatic carbocycles. The first-order valence-electron chi connectivity index (χ1n) is 6.60. The molecule has 20 heavy (non-hydrogen) atoms. The molecule has 0 unspecified atom stereocenters. The number of rotatable bonds is 6. The molecule has 106 valence electrons. The van der Waals surface area contributed by atoms with E-state index in [4.69, 9.17) is 4.74 Å². The number of halogens is 2. The lowest BCUT2D eigenvalue weighted by molar-refractivity contribution is 0.312. The number of anilines is 1. The average Bonchev–Trinajstić information content (AvgIpc) is 2.45. The smallest absolute Gasteiger partial charge is 0.138 e. The van der Waals surface area contributed by atoms with Crippen LogP contribution < -0.4 is 10.1 Å². The van der Waals surface area contributed by atoms with Crippen LogP contribution in [-0.2, 0) is 6.54 Å². The van der Waals surface area contributed by atoms with Crippen molar-refractivity contribution >= 4 is 37.5 Å². The van der Waals surface area contributed by atoms with Crippen molar-refractivity contribution in [1.82, 2.24) is 0 Å². The maximum atomic E-state index is 5.85. The van der Waals surface area contributed by atoms with E-state index in [2.05, 4.69) is 62.3 Å². The summed E-state index contributed by atoms with van der Waals surface area (Å²) < 4.78 is 7.87. The second-order valence-corrected chi connectivity index (χ2v) is 6.21. The van der Waals surface area contributed by atoms with Gasteiger partial charge in [-0.1, -0.05) is 41.1 Å². The Labute approximate surface area is 136 Å². The minimum atomic E-state index is 0.721. The minimum absolute atomic E-state index is 0.721. The summed E-state index contributed by atoms with van der Waals surface area (Å²) in [5, 5.41) is 3.41. The van der Waals surface area contributed by atoms with Crippen molar-refractivity contribution in [3.63, 3.8) is 0 Å². The summed E-state index contributed by atoms with van der Waals surface area (Å²) >= 11 is 7.10. The highest BCUT2D eigenvalue weighted by molar-refractivity contribution is 9.11. The molecule has 0 aromatic heterocycles. The Morgan fingerprint density at radius 1 is 1.10 bits per heavy atom. The highest BCUT2D eigenvalue weighted by Gasteiger charge is 2.10. The summed E-state index contributed by atoms with van der Waals surface area (Å²) in [5.74, 6) is 0.915. The minimum Gasteiger partial charge on any atom is -0.492 e. The summed E-state index contributed by atoms with van der Waals surface area (Å²) in [4.78, 5) is 0. The fourth-order valence-electron chi connectivity index (χ4n) is 1.86. The Morgan fingerprint density at radius 2 is 1.85 bits per heavy atom. The van der Waals surface area contributed by atoms with E-state index in [0.29, 0.717) is 0 Å². The zero-order chi connectivity index (χ0) is 14.4. The molecule has 0 amide bonds. The highest BCUT2D eigenvalue weighted by Crippen LogP contribution is 2.33. The Kier molecular flexibility index (Phi) is 5.92. The van der Waals surface area contributed by atoms with Gasteiger partial charge in [0.25, 0.3) is 0 Å². The van der Waals surface area contributed by atoms with Gasteiger partial charge in [0.05, 0.1) is 11.1 Å². The van der Waals surface area contributed by atoms with E-state index >= 15 is 0 Å². The topological polar surface area (TPSA) is 21.3 Å². The van der Waals surface area contributed by atoms with Gasteiger partial charge in [-0.2, -0.15) is 0 Å². The molecule has 0 bridgehead atoms. The Bertz CT molecular complexity index is 558. The molecule has 4 heteroatoms. The van der Waals surface area contributed by atoms with Crippen LogP contribution in [0, 0.1) is 0 Å². The fourth-order valence-corrected chi connectivity index (χ4v) is 3.29. The Balaban J connectivity index is 2.16. The molecule has 2 rings (SSSR count). The predicted molar refractivity (Wildman–Crippen MR) is 91.4 cm³/mol. The lowest BCUT2D eigenvalue weighted by Crippen LogP contribution is -2.05. The predicted octanol–water partition coefficient (Wildman–Crippen LogP) is 5.61. The number of benzene rings is 2. The van der Waals surface area contributed by atoms with Crippen LogP contribution in [0.4, 0.5) is 5.69 Å². The van der Waals surface area contributed by atoms with E-state index in [0.717, 1.165) is 45.5 Å². The summed E-state index contributed by atoms with van der Waals surface area (Å²) in [5.41, 5.74) is 2.23. The maximum absolute atomic E-state index is 5.85. The van der Waals surface area contributed by atoms with Crippen molar-refractivity contribution in [2.75, 3.05) is 11.9 Å². The standard InChI is InChI=1S/C16H17Br2NO/c1-2-8-20-16-12(9-13(17)10-15(16)18)11-19-14-6-4-3-5-7-14/h3-7,9-10,19H,2,8,11H2,1H3. The largest absolute Gasteiger partial charge is 0.492 e. The highest BCUT2D eigenvalue weighted by atomic mass is 79.9. The average molecular weight is 399 g/mol. The van der Waals surface area contributed by atoms with E-state index in [1.165, 1.54) is 0 Å². The van der Waals surface area contributed by atoms with Crippen LogP contribution in [0.3, 0.4) is 0 Å². The van der Waals surface area contributed by atoms with Crippen LogP contribution in [0.1, 0.15) is 18.9 Å². The number of ether oxygens (including phenoxy) is 1. The summed E-state index contributed by atoms with van der Waals surface area (Å²) in [6.07, 6.45) is 0.994. The van der Waals surface area contributed by atoms with E-state index in [1.54, 1.807) is 0 Å². The number of nitrogens with one attached hydrogen (secondary N) is 1. The molecule has 2 nitrogen and oxygen atoms in total. The molecule has 0 spiro atoms. The monoisotopic (exact) mass is 397 g/mol. The van der Waals surface area contributed by atoms with Crippen molar-refractivity contribution < 1.29 is 4.74 Å². The van der Waals surface area contributed by atoms with Crippen molar-refractivity contribution in [3.05, 3.63) is 57.0 Å². The van der Waals surface area contributed by atoms with Gasteiger partial charge in [0, 0.05) is 22.3 Å². The zero-order valence-electron chi connectivity index (χ0n) is 11.3. The zero-order valence-corrected chi connectivity index (χ0v) is 14.5. The first-order valence-corrected chi connectivity index (χ1v) is 8.19. The van der Waals surface area contributed by atoms with Gasteiger partial charge in [-0.15, -0.1) is 0 Å². The van der Waals surface area contributed by atoms with Crippen molar-refractivity contribution in [1.29, 1.82) is 0 Å². The molecular weight excluding hydrogens is 382 g/mol. The quantitative estimate of drug-likeness (QED) is 0.682. The maximum Gasteiger partial charge on any atom is 0.138 e. The number of para-hydroxylation sites is 1. The second-order valence-electron chi connectivity index (χ2n) is 4.44. The van der Waals surface area contributed by atoms with E-state index in [1.807, 2.05) is 24.3 Å². The van der Waals surface area contributed by atoms with Crippen molar-refractivity contribution in [2.24, 2.45) is 0 Å². The van der Waals surface area contributed by atoms with Crippen LogP contribution in [0.5, 0.6) is 5.75 Å². The fraction of sp³-hybridized carbons (Fsp3) is 0.250.